The maximum Gasteiger partial charge on any atom is 0.332 e. The molecule has 0 spiro atoms. The van der Waals surface area contributed by atoms with Crippen molar-refractivity contribution in [3.63, 3.8) is 0 Å². The second-order valence-corrected chi connectivity index (χ2v) is 8.17. The molecule has 4 unspecified atom stereocenters. The van der Waals surface area contributed by atoms with E-state index in [1.54, 1.807) is 44.6 Å². The van der Waals surface area contributed by atoms with E-state index < -0.39 is 29.7 Å². The predicted molar refractivity (Wildman–Crippen MR) is 119 cm³/mol. The lowest BCUT2D eigenvalue weighted by Gasteiger charge is -2.49. The molecule has 1 heterocycles. The molecule has 174 valence electrons. The van der Waals surface area contributed by atoms with E-state index in [9.17, 15) is 18.8 Å². The first-order valence-electron chi connectivity index (χ1n) is 10.7. The number of imide groups is 1. The molecule has 0 bridgehead atoms. The molecule has 0 radical (unpaired) electrons. The number of nitrogens with zero attached hydrogens (tertiary/aromatic N) is 2. The molecule has 8 nitrogen and oxygen atoms in total. The zero-order valence-electron chi connectivity index (χ0n) is 18.4. The summed E-state index contributed by atoms with van der Waals surface area (Å²) in [6.07, 6.45) is 0.109. The minimum atomic E-state index is -0.563. The number of carbonyl (C=O) groups excluding carboxylic acids is 3. The first-order chi connectivity index (χ1) is 15.9. The van der Waals surface area contributed by atoms with Crippen LogP contribution in [0, 0.1) is 11.7 Å². The first-order valence-corrected chi connectivity index (χ1v) is 10.7. The van der Waals surface area contributed by atoms with Crippen molar-refractivity contribution in [1.29, 1.82) is 0 Å². The fourth-order valence-electron chi connectivity index (χ4n) is 4.64. The van der Waals surface area contributed by atoms with Crippen LogP contribution in [-0.2, 0) is 19.1 Å². The van der Waals surface area contributed by atoms with Crippen LogP contribution in [0.25, 0.3) is 0 Å². The number of para-hydroxylation sites is 1. The lowest BCUT2D eigenvalue weighted by molar-refractivity contribution is -0.139. The van der Waals surface area contributed by atoms with E-state index in [0.717, 1.165) is 4.90 Å². The lowest BCUT2D eigenvalue weighted by atomic mass is 9.78. The van der Waals surface area contributed by atoms with E-state index in [1.807, 2.05) is 0 Å². The number of methoxy groups -OCH3 is 2. The summed E-state index contributed by atoms with van der Waals surface area (Å²) in [6, 6.07) is 12.9. The molecule has 1 saturated heterocycles. The third kappa shape index (κ3) is 4.60. The summed E-state index contributed by atoms with van der Waals surface area (Å²) in [5.74, 6) is -1.72. The van der Waals surface area contributed by atoms with Gasteiger partial charge in [-0.2, -0.15) is 0 Å². The van der Waals surface area contributed by atoms with Crippen LogP contribution in [0.15, 0.2) is 54.6 Å². The highest BCUT2D eigenvalue weighted by Gasteiger charge is 2.52. The van der Waals surface area contributed by atoms with Crippen LogP contribution in [0.3, 0.4) is 0 Å². The Bertz CT molecular complexity index is 1020. The second kappa shape index (κ2) is 9.68. The number of halogens is 1. The van der Waals surface area contributed by atoms with Gasteiger partial charge in [-0.1, -0.05) is 18.2 Å². The number of hydrogen-bond donors (Lipinski definition) is 1. The fourth-order valence-corrected chi connectivity index (χ4v) is 4.64. The van der Waals surface area contributed by atoms with Gasteiger partial charge in [0.05, 0.1) is 23.8 Å². The topological polar surface area (TPSA) is 88.2 Å². The van der Waals surface area contributed by atoms with Gasteiger partial charge in [-0.25, -0.2) is 14.1 Å². The number of fused-ring (bicyclic) bond motifs is 1. The lowest BCUT2D eigenvalue weighted by Crippen LogP contribution is -2.66. The quantitative estimate of drug-likeness (QED) is 0.724. The van der Waals surface area contributed by atoms with Crippen LogP contribution >= 0.6 is 0 Å². The molecule has 1 N–H and O–H groups in total. The number of amides is 4. The van der Waals surface area contributed by atoms with Crippen molar-refractivity contribution in [2.24, 2.45) is 5.92 Å². The molecule has 33 heavy (non-hydrogen) atoms. The Hall–Kier alpha value is -3.30. The van der Waals surface area contributed by atoms with Crippen LogP contribution in [0.5, 0.6) is 0 Å². The highest BCUT2D eigenvalue weighted by molar-refractivity contribution is 6.17. The SMILES string of the molecule is COC1CC2C(=O)N(c3ccccc3)C(=O)N(CC(=O)Nc3ccc(F)cc3)C2CC1OC. The van der Waals surface area contributed by atoms with Gasteiger partial charge in [-0.15, -0.1) is 0 Å². The molecule has 1 saturated carbocycles. The Kier molecular flexibility index (Phi) is 6.71. The standard InChI is InChI=1S/C24H26FN3O5/c1-32-20-12-18-19(13-21(20)33-2)27(14-22(29)26-16-10-8-15(25)9-11-16)24(31)28(23(18)30)17-6-4-3-5-7-17/h3-11,18-21H,12-14H2,1-2H3,(H,26,29). The van der Waals surface area contributed by atoms with Crippen molar-refractivity contribution in [2.45, 2.75) is 31.1 Å². The number of carbonyl (C=O) groups is 3. The molecular formula is C24H26FN3O5. The number of anilines is 2. The average Bonchev–Trinajstić information content (AvgIpc) is 2.83. The summed E-state index contributed by atoms with van der Waals surface area (Å²) in [5, 5.41) is 2.68. The van der Waals surface area contributed by atoms with Gasteiger partial charge in [-0.05, 0) is 49.2 Å². The average molecular weight is 455 g/mol. The maximum absolute atomic E-state index is 13.5. The molecule has 4 atom stereocenters. The third-order valence-electron chi connectivity index (χ3n) is 6.28. The number of urea groups is 1. The van der Waals surface area contributed by atoms with Gasteiger partial charge >= 0.3 is 6.03 Å². The molecule has 2 aromatic rings. The molecule has 1 aliphatic heterocycles. The summed E-state index contributed by atoms with van der Waals surface area (Å²) in [5.41, 5.74) is 0.856. The predicted octanol–water partition coefficient (Wildman–Crippen LogP) is 3.04. The van der Waals surface area contributed by atoms with Gasteiger partial charge in [0, 0.05) is 25.9 Å². The van der Waals surface area contributed by atoms with E-state index in [0.29, 0.717) is 24.2 Å². The zero-order chi connectivity index (χ0) is 23.5. The molecule has 2 aliphatic rings. The normalized spacial score (nSPS) is 25.1. The summed E-state index contributed by atoms with van der Waals surface area (Å²) in [6.45, 7) is -0.262. The van der Waals surface area contributed by atoms with Gasteiger partial charge in [-0.3, -0.25) is 9.59 Å². The smallest absolute Gasteiger partial charge is 0.332 e. The Morgan fingerprint density at radius 3 is 2.27 bits per heavy atom. The first kappa shape index (κ1) is 22.9. The molecular weight excluding hydrogens is 429 g/mol. The fraction of sp³-hybridized carbons (Fsp3) is 0.375. The summed E-state index contributed by atoms with van der Waals surface area (Å²) >= 11 is 0. The summed E-state index contributed by atoms with van der Waals surface area (Å²) < 4.78 is 24.3. The van der Waals surface area contributed by atoms with Crippen molar-refractivity contribution in [3.8, 4) is 0 Å². The van der Waals surface area contributed by atoms with E-state index in [2.05, 4.69) is 5.32 Å². The Morgan fingerprint density at radius 1 is 1.00 bits per heavy atom. The Morgan fingerprint density at radius 2 is 1.64 bits per heavy atom. The highest BCUT2D eigenvalue weighted by Crippen LogP contribution is 2.38. The molecule has 4 amide bonds. The Labute approximate surface area is 191 Å². The van der Waals surface area contributed by atoms with Crippen LogP contribution < -0.4 is 10.2 Å². The van der Waals surface area contributed by atoms with Gasteiger partial charge < -0.3 is 19.7 Å². The monoisotopic (exact) mass is 455 g/mol. The highest BCUT2D eigenvalue weighted by atomic mass is 19.1. The van der Waals surface area contributed by atoms with Crippen molar-refractivity contribution in [3.05, 3.63) is 60.4 Å². The molecule has 1 aliphatic carbocycles. The van der Waals surface area contributed by atoms with Crippen LogP contribution in [0.4, 0.5) is 20.6 Å². The van der Waals surface area contributed by atoms with Crippen LogP contribution in [-0.4, -0.2) is 61.8 Å². The van der Waals surface area contributed by atoms with Crippen molar-refractivity contribution in [1.82, 2.24) is 4.90 Å². The largest absolute Gasteiger partial charge is 0.379 e. The molecule has 4 rings (SSSR count). The zero-order valence-corrected chi connectivity index (χ0v) is 18.4. The third-order valence-corrected chi connectivity index (χ3v) is 6.28. The Balaban J connectivity index is 1.63. The number of hydrogen-bond acceptors (Lipinski definition) is 5. The van der Waals surface area contributed by atoms with Gasteiger partial charge in [0.1, 0.15) is 12.4 Å². The van der Waals surface area contributed by atoms with E-state index in [-0.39, 0.29) is 24.7 Å². The number of benzene rings is 2. The van der Waals surface area contributed by atoms with Crippen molar-refractivity contribution < 1.29 is 28.2 Å². The number of nitrogens with one attached hydrogen (secondary N) is 1. The van der Waals surface area contributed by atoms with Crippen molar-refractivity contribution >= 4 is 29.2 Å². The van der Waals surface area contributed by atoms with Crippen LogP contribution in [0.1, 0.15) is 12.8 Å². The summed E-state index contributed by atoms with van der Waals surface area (Å²) in [4.78, 5) is 42.3. The van der Waals surface area contributed by atoms with Gasteiger partial charge in [0.15, 0.2) is 0 Å². The van der Waals surface area contributed by atoms with E-state index in [1.165, 1.54) is 29.2 Å². The molecule has 9 heteroatoms. The van der Waals surface area contributed by atoms with E-state index >= 15 is 0 Å². The molecule has 0 aromatic heterocycles. The minimum Gasteiger partial charge on any atom is -0.379 e. The van der Waals surface area contributed by atoms with Crippen molar-refractivity contribution in [2.75, 3.05) is 31.0 Å². The maximum atomic E-state index is 13.5. The number of ether oxygens (including phenoxy) is 2. The number of rotatable bonds is 6. The minimum absolute atomic E-state index is 0.262. The molecule has 2 aromatic carbocycles. The van der Waals surface area contributed by atoms with Gasteiger partial charge in [0.25, 0.3) is 0 Å². The van der Waals surface area contributed by atoms with Crippen LogP contribution in [0.2, 0.25) is 0 Å². The van der Waals surface area contributed by atoms with E-state index in [4.69, 9.17) is 9.47 Å². The molecule has 2 fully saturated rings. The summed E-state index contributed by atoms with van der Waals surface area (Å²) in [7, 11) is 3.13. The second-order valence-electron chi connectivity index (χ2n) is 8.17. The van der Waals surface area contributed by atoms with Gasteiger partial charge in [0.2, 0.25) is 11.8 Å².